The molecule has 0 aliphatic heterocycles. The molecule has 9 heteroatoms. The lowest BCUT2D eigenvalue weighted by Crippen LogP contribution is -2.30. The SMILES string of the molecule is CC(C)(C1=CC=C(C(C)(c2cc(CO)c(O)c(CO)c2)c2cc(CO)c(O)c(CO)c2)CC1)C1=CC(CO)=C(O)C(CO)C1. The maximum Gasteiger partial charge on any atom is 0.126 e. The first-order valence-corrected chi connectivity index (χ1v) is 14.8. The van der Waals surface area contributed by atoms with Crippen molar-refractivity contribution in [2.45, 2.75) is 71.9 Å². The minimum Gasteiger partial charge on any atom is -0.512 e. The topological polar surface area (TPSA) is 182 Å². The van der Waals surface area contributed by atoms with Gasteiger partial charge in [-0.3, -0.25) is 0 Å². The van der Waals surface area contributed by atoms with Crippen molar-refractivity contribution in [2.24, 2.45) is 11.3 Å². The Morgan fingerprint density at radius 3 is 1.41 bits per heavy atom. The van der Waals surface area contributed by atoms with E-state index >= 15 is 0 Å². The second-order valence-corrected chi connectivity index (χ2v) is 12.4. The van der Waals surface area contributed by atoms with E-state index in [1.54, 1.807) is 24.3 Å². The van der Waals surface area contributed by atoms with Gasteiger partial charge < -0.3 is 46.0 Å². The van der Waals surface area contributed by atoms with Crippen LogP contribution in [0.25, 0.3) is 0 Å². The molecule has 0 saturated carbocycles. The van der Waals surface area contributed by atoms with Crippen molar-refractivity contribution >= 4 is 0 Å². The quantitative estimate of drug-likeness (QED) is 0.183. The fraction of sp³-hybridized carbons (Fsp3) is 0.429. The van der Waals surface area contributed by atoms with Gasteiger partial charge >= 0.3 is 0 Å². The zero-order chi connectivity index (χ0) is 32.4. The Morgan fingerprint density at radius 2 is 1.05 bits per heavy atom. The fourth-order valence-corrected chi connectivity index (χ4v) is 6.58. The van der Waals surface area contributed by atoms with Gasteiger partial charge in [0, 0.05) is 44.6 Å². The molecule has 0 fully saturated rings. The van der Waals surface area contributed by atoms with Crippen LogP contribution >= 0.6 is 0 Å². The number of hydrogen-bond donors (Lipinski definition) is 9. The summed E-state index contributed by atoms with van der Waals surface area (Å²) in [5.74, 6) is -0.849. The van der Waals surface area contributed by atoms with Gasteiger partial charge in [-0.15, -0.1) is 0 Å². The lowest BCUT2D eigenvalue weighted by Gasteiger charge is -2.40. The summed E-state index contributed by atoms with van der Waals surface area (Å²) < 4.78 is 0. The normalized spacial score (nSPS) is 17.8. The van der Waals surface area contributed by atoms with Crippen LogP contribution in [0, 0.1) is 11.3 Å². The van der Waals surface area contributed by atoms with Gasteiger partial charge in [-0.2, -0.15) is 0 Å². The third-order valence-corrected chi connectivity index (χ3v) is 9.69. The maximum atomic E-state index is 10.6. The zero-order valence-electron chi connectivity index (χ0n) is 25.5. The molecule has 0 spiro atoms. The van der Waals surface area contributed by atoms with E-state index in [9.17, 15) is 46.0 Å². The average molecular weight is 609 g/mol. The van der Waals surface area contributed by atoms with Crippen molar-refractivity contribution in [3.05, 3.63) is 104 Å². The van der Waals surface area contributed by atoms with Gasteiger partial charge in [0.15, 0.2) is 0 Å². The van der Waals surface area contributed by atoms with Crippen LogP contribution in [0.1, 0.15) is 73.4 Å². The van der Waals surface area contributed by atoms with Gasteiger partial charge in [-0.25, -0.2) is 0 Å². The van der Waals surface area contributed by atoms with Crippen LogP contribution in [-0.4, -0.2) is 59.2 Å². The summed E-state index contributed by atoms with van der Waals surface area (Å²) in [6.07, 6.45) is 7.57. The molecule has 0 aromatic heterocycles. The number of phenols is 2. The molecule has 2 aromatic carbocycles. The Bertz CT molecular complexity index is 1420. The molecular formula is C35H44O9. The van der Waals surface area contributed by atoms with Crippen LogP contribution in [0.2, 0.25) is 0 Å². The summed E-state index contributed by atoms with van der Waals surface area (Å²) in [4.78, 5) is 0. The highest BCUT2D eigenvalue weighted by atomic mass is 16.3. The van der Waals surface area contributed by atoms with Crippen LogP contribution in [0.4, 0.5) is 0 Å². The Kier molecular flexibility index (Phi) is 10.1. The molecule has 0 amide bonds. The van der Waals surface area contributed by atoms with Crippen LogP contribution in [0.15, 0.2) is 70.5 Å². The molecule has 9 N–H and O–H groups in total. The van der Waals surface area contributed by atoms with Crippen molar-refractivity contribution in [3.63, 3.8) is 0 Å². The van der Waals surface area contributed by atoms with Gasteiger partial charge in [0.05, 0.1) is 39.6 Å². The third kappa shape index (κ3) is 5.83. The number of benzene rings is 2. The number of rotatable bonds is 11. The minimum absolute atomic E-state index is 0.0157. The minimum atomic E-state index is -0.931. The predicted molar refractivity (Wildman–Crippen MR) is 166 cm³/mol. The molecule has 0 radical (unpaired) electrons. The smallest absolute Gasteiger partial charge is 0.126 e. The Labute approximate surface area is 257 Å². The van der Waals surface area contributed by atoms with Crippen molar-refractivity contribution in [1.29, 1.82) is 0 Å². The summed E-state index contributed by atoms with van der Waals surface area (Å²) in [5, 5.41) is 91.5. The van der Waals surface area contributed by atoms with Crippen LogP contribution < -0.4 is 0 Å². The largest absolute Gasteiger partial charge is 0.512 e. The van der Waals surface area contributed by atoms with Gasteiger partial charge in [-0.1, -0.05) is 48.8 Å². The highest BCUT2D eigenvalue weighted by molar-refractivity contribution is 5.58. The standard InChI is InChI=1S/C35H44O9/c1-34(2,28-8-20(14-36)31(42)21(9-28)15-37)26-4-6-27(7-5-26)35(3,29-10-22(16-38)32(43)23(11-29)17-39)30-12-24(18-40)33(44)25(13-30)19-41/h4,6,8,10-13,21,36-44H,5,7,9,14-19H2,1-3H3. The van der Waals surface area contributed by atoms with E-state index in [0.29, 0.717) is 36.0 Å². The second kappa shape index (κ2) is 13.3. The predicted octanol–water partition coefficient (Wildman–Crippen LogP) is 3.79. The Balaban J connectivity index is 1.90. The average Bonchev–Trinajstić information content (AvgIpc) is 3.04. The van der Waals surface area contributed by atoms with Gasteiger partial charge in [-0.05, 0) is 61.6 Å². The lowest BCUT2D eigenvalue weighted by molar-refractivity contribution is 0.190. The third-order valence-electron chi connectivity index (χ3n) is 9.69. The van der Waals surface area contributed by atoms with Crippen LogP contribution in [0.3, 0.4) is 0 Å². The van der Waals surface area contributed by atoms with Crippen molar-refractivity contribution < 1.29 is 46.0 Å². The summed E-state index contributed by atoms with van der Waals surface area (Å²) in [7, 11) is 0. The Morgan fingerprint density at radius 1 is 0.614 bits per heavy atom. The molecule has 44 heavy (non-hydrogen) atoms. The first-order valence-electron chi connectivity index (χ1n) is 14.8. The van der Waals surface area contributed by atoms with Crippen LogP contribution in [-0.2, 0) is 31.8 Å². The number of allylic oxidation sites excluding steroid dienone is 5. The molecule has 4 rings (SSSR count). The Hall–Kier alpha value is -3.44. The van der Waals surface area contributed by atoms with Crippen molar-refractivity contribution in [2.75, 3.05) is 13.2 Å². The van der Waals surface area contributed by atoms with Crippen LogP contribution in [0.5, 0.6) is 11.5 Å². The number of aromatic hydroxyl groups is 2. The molecule has 1 atom stereocenters. The lowest BCUT2D eigenvalue weighted by atomic mass is 9.64. The highest BCUT2D eigenvalue weighted by Gasteiger charge is 2.39. The highest BCUT2D eigenvalue weighted by Crippen LogP contribution is 2.50. The van der Waals surface area contributed by atoms with E-state index in [0.717, 1.165) is 16.7 Å². The van der Waals surface area contributed by atoms with E-state index < -0.39 is 43.2 Å². The van der Waals surface area contributed by atoms with Crippen molar-refractivity contribution in [1.82, 2.24) is 0 Å². The zero-order valence-corrected chi connectivity index (χ0v) is 25.5. The first-order chi connectivity index (χ1) is 20.9. The number of aliphatic hydroxyl groups excluding tert-OH is 7. The maximum absolute atomic E-state index is 10.6. The molecule has 0 bridgehead atoms. The van der Waals surface area contributed by atoms with Gasteiger partial charge in [0.1, 0.15) is 17.3 Å². The fourth-order valence-electron chi connectivity index (χ4n) is 6.58. The van der Waals surface area contributed by atoms with E-state index in [-0.39, 0.29) is 52.7 Å². The molecule has 1 unspecified atom stereocenters. The number of aliphatic hydroxyl groups is 7. The molecule has 2 aromatic rings. The monoisotopic (exact) mass is 608 g/mol. The molecule has 2 aliphatic rings. The molecule has 0 saturated heterocycles. The molecule has 9 nitrogen and oxygen atoms in total. The van der Waals surface area contributed by atoms with E-state index in [1.165, 1.54) is 0 Å². The molecule has 2 aliphatic carbocycles. The van der Waals surface area contributed by atoms with Gasteiger partial charge in [0.2, 0.25) is 0 Å². The van der Waals surface area contributed by atoms with Gasteiger partial charge in [0.25, 0.3) is 0 Å². The van der Waals surface area contributed by atoms with E-state index in [4.69, 9.17) is 0 Å². The first kappa shape index (κ1) is 33.5. The second-order valence-electron chi connectivity index (χ2n) is 12.4. The van der Waals surface area contributed by atoms with E-state index in [1.807, 2.05) is 25.2 Å². The molecule has 0 heterocycles. The van der Waals surface area contributed by atoms with E-state index in [2.05, 4.69) is 13.8 Å². The molecule has 238 valence electrons. The number of hydrogen-bond acceptors (Lipinski definition) is 9. The summed E-state index contributed by atoms with van der Waals surface area (Å²) in [5.41, 5.74) is 4.38. The molecular weight excluding hydrogens is 564 g/mol. The van der Waals surface area contributed by atoms with Crippen molar-refractivity contribution in [3.8, 4) is 11.5 Å². The summed E-state index contributed by atoms with van der Waals surface area (Å²) in [6, 6.07) is 6.72. The summed E-state index contributed by atoms with van der Waals surface area (Å²) >= 11 is 0. The summed E-state index contributed by atoms with van der Waals surface area (Å²) in [6.45, 7) is 3.73.